The zero-order valence-electron chi connectivity index (χ0n) is 14.4. The van der Waals surface area contributed by atoms with Crippen LogP contribution in [0.15, 0.2) is 36.4 Å². The molecule has 2 aromatic carbocycles. The number of carbonyl (C=O) groups is 1. The summed E-state index contributed by atoms with van der Waals surface area (Å²) in [6.45, 7) is 4.51. The van der Waals surface area contributed by atoms with E-state index in [4.69, 9.17) is 22.1 Å². The summed E-state index contributed by atoms with van der Waals surface area (Å²) in [5, 5.41) is 14.7. The molecule has 0 aliphatic rings. The molecule has 7 nitrogen and oxygen atoms in total. The number of nitrogens with two attached hydrogens (primary N) is 1. The maximum absolute atomic E-state index is 11.9. The SMILES string of the molecule is CC(C)COc1cc(-c2ccc(Cl)cc2)c(-c2nn[nH]n2)cc1C(N)=O. The highest BCUT2D eigenvalue weighted by atomic mass is 35.5. The number of rotatable bonds is 6. The van der Waals surface area contributed by atoms with E-state index in [1.807, 2.05) is 26.0 Å². The van der Waals surface area contributed by atoms with E-state index in [1.165, 1.54) is 0 Å². The molecular formula is C18H18ClN5O2. The number of hydrogen-bond acceptors (Lipinski definition) is 5. The topological polar surface area (TPSA) is 107 Å². The van der Waals surface area contributed by atoms with Crippen molar-refractivity contribution < 1.29 is 9.53 Å². The molecule has 0 unspecified atom stereocenters. The maximum atomic E-state index is 11.9. The Hall–Kier alpha value is -2.93. The van der Waals surface area contributed by atoms with Gasteiger partial charge in [0.05, 0.1) is 12.2 Å². The second kappa shape index (κ2) is 7.53. The first kappa shape index (κ1) is 17.9. The third kappa shape index (κ3) is 3.83. The normalized spacial score (nSPS) is 10.9. The number of H-pyrrole nitrogens is 1. The summed E-state index contributed by atoms with van der Waals surface area (Å²) in [5.41, 5.74) is 8.09. The van der Waals surface area contributed by atoms with Crippen molar-refractivity contribution in [2.24, 2.45) is 11.7 Å². The summed E-state index contributed by atoms with van der Waals surface area (Å²) in [7, 11) is 0. The van der Waals surface area contributed by atoms with Gasteiger partial charge in [0.25, 0.3) is 5.91 Å². The monoisotopic (exact) mass is 371 g/mol. The summed E-state index contributed by atoms with van der Waals surface area (Å²) in [4.78, 5) is 11.9. The molecule has 0 aliphatic heterocycles. The minimum Gasteiger partial charge on any atom is -0.492 e. The summed E-state index contributed by atoms with van der Waals surface area (Å²) in [5.74, 6) is 0.485. The average molecular weight is 372 g/mol. The van der Waals surface area contributed by atoms with Gasteiger partial charge in [-0.3, -0.25) is 4.79 Å². The smallest absolute Gasteiger partial charge is 0.252 e. The van der Waals surface area contributed by atoms with Crippen molar-refractivity contribution in [3.05, 3.63) is 47.0 Å². The number of halogens is 1. The molecule has 0 bridgehead atoms. The van der Waals surface area contributed by atoms with E-state index in [9.17, 15) is 4.79 Å². The van der Waals surface area contributed by atoms with Crippen LogP contribution in [-0.2, 0) is 0 Å². The van der Waals surface area contributed by atoms with Crippen LogP contribution in [0.4, 0.5) is 0 Å². The highest BCUT2D eigenvalue weighted by Gasteiger charge is 2.19. The fourth-order valence-corrected chi connectivity index (χ4v) is 2.60. The average Bonchev–Trinajstić information content (AvgIpc) is 3.14. The fourth-order valence-electron chi connectivity index (χ4n) is 2.48. The zero-order valence-corrected chi connectivity index (χ0v) is 15.1. The van der Waals surface area contributed by atoms with Crippen molar-refractivity contribution in [2.45, 2.75) is 13.8 Å². The molecule has 134 valence electrons. The van der Waals surface area contributed by atoms with Crippen LogP contribution in [0.25, 0.3) is 22.5 Å². The molecule has 0 atom stereocenters. The van der Waals surface area contributed by atoms with Gasteiger partial charge in [-0.25, -0.2) is 0 Å². The van der Waals surface area contributed by atoms with Crippen LogP contribution in [-0.4, -0.2) is 33.1 Å². The fraction of sp³-hybridized carbons (Fsp3) is 0.222. The minimum absolute atomic E-state index is 0.267. The Morgan fingerprint density at radius 3 is 2.54 bits per heavy atom. The number of tetrazole rings is 1. The van der Waals surface area contributed by atoms with Crippen LogP contribution in [0, 0.1) is 5.92 Å². The van der Waals surface area contributed by atoms with Crippen LogP contribution in [0.5, 0.6) is 5.75 Å². The molecule has 26 heavy (non-hydrogen) atoms. The molecular weight excluding hydrogens is 354 g/mol. The Morgan fingerprint density at radius 1 is 1.23 bits per heavy atom. The van der Waals surface area contributed by atoms with Gasteiger partial charge in [-0.2, -0.15) is 5.21 Å². The van der Waals surface area contributed by atoms with Crippen LogP contribution >= 0.6 is 11.6 Å². The highest BCUT2D eigenvalue weighted by Crippen LogP contribution is 2.36. The number of primary amides is 1. The van der Waals surface area contributed by atoms with Gasteiger partial charge in [0, 0.05) is 10.6 Å². The van der Waals surface area contributed by atoms with Crippen LogP contribution in [0.3, 0.4) is 0 Å². The first-order chi connectivity index (χ1) is 12.5. The number of benzene rings is 2. The summed E-state index contributed by atoms with van der Waals surface area (Å²) in [6, 6.07) is 10.7. The molecule has 0 fully saturated rings. The largest absolute Gasteiger partial charge is 0.492 e. The second-order valence-electron chi connectivity index (χ2n) is 6.21. The lowest BCUT2D eigenvalue weighted by atomic mass is 9.96. The van der Waals surface area contributed by atoms with E-state index in [1.54, 1.807) is 24.3 Å². The number of hydrogen-bond donors (Lipinski definition) is 2. The summed E-state index contributed by atoms with van der Waals surface area (Å²) >= 11 is 6.00. The number of aromatic nitrogens is 4. The Labute approximate surface area is 155 Å². The van der Waals surface area contributed by atoms with Crippen molar-refractivity contribution in [3.8, 4) is 28.3 Å². The molecule has 1 amide bonds. The summed E-state index contributed by atoms with van der Waals surface area (Å²) in [6.07, 6.45) is 0. The first-order valence-corrected chi connectivity index (χ1v) is 8.44. The van der Waals surface area contributed by atoms with Crippen LogP contribution < -0.4 is 10.5 Å². The standard InChI is InChI=1S/C18H18ClN5O2/c1-10(2)9-26-16-8-13(11-3-5-12(19)6-4-11)14(7-15(16)17(20)25)18-21-23-24-22-18/h3-8,10H,9H2,1-2H3,(H2,20,25)(H,21,22,23,24). The minimum atomic E-state index is -0.587. The van der Waals surface area contributed by atoms with Gasteiger partial charge in [0.15, 0.2) is 0 Å². The predicted molar refractivity (Wildman–Crippen MR) is 98.9 cm³/mol. The molecule has 3 aromatic rings. The quantitative estimate of drug-likeness (QED) is 0.691. The number of nitrogens with zero attached hydrogens (tertiary/aromatic N) is 3. The van der Waals surface area contributed by atoms with Crippen LogP contribution in [0.1, 0.15) is 24.2 Å². The predicted octanol–water partition coefficient (Wildman–Crippen LogP) is 3.32. The van der Waals surface area contributed by atoms with Crippen molar-refractivity contribution in [2.75, 3.05) is 6.61 Å². The van der Waals surface area contributed by atoms with E-state index >= 15 is 0 Å². The molecule has 1 heterocycles. The van der Waals surface area contributed by atoms with E-state index in [0.717, 1.165) is 11.1 Å². The number of amides is 1. The van der Waals surface area contributed by atoms with Gasteiger partial charge in [0.2, 0.25) is 5.82 Å². The Bertz CT molecular complexity index is 908. The Kier molecular flexibility index (Phi) is 5.18. The molecule has 1 aromatic heterocycles. The Balaban J connectivity index is 2.20. The summed E-state index contributed by atoms with van der Waals surface area (Å²) < 4.78 is 5.83. The van der Waals surface area contributed by atoms with E-state index in [0.29, 0.717) is 34.7 Å². The van der Waals surface area contributed by atoms with Crippen molar-refractivity contribution >= 4 is 17.5 Å². The Morgan fingerprint density at radius 2 is 1.96 bits per heavy atom. The molecule has 0 aliphatic carbocycles. The lowest BCUT2D eigenvalue weighted by Gasteiger charge is -2.16. The van der Waals surface area contributed by atoms with E-state index in [2.05, 4.69) is 20.6 Å². The van der Waals surface area contributed by atoms with Gasteiger partial charge < -0.3 is 10.5 Å². The van der Waals surface area contributed by atoms with Crippen molar-refractivity contribution in [1.82, 2.24) is 20.6 Å². The molecule has 3 rings (SSSR count). The lowest BCUT2D eigenvalue weighted by Crippen LogP contribution is -2.15. The number of ether oxygens (including phenoxy) is 1. The lowest BCUT2D eigenvalue weighted by molar-refractivity contribution is 0.0995. The van der Waals surface area contributed by atoms with Gasteiger partial charge >= 0.3 is 0 Å². The first-order valence-electron chi connectivity index (χ1n) is 8.06. The van der Waals surface area contributed by atoms with Gasteiger partial charge in [-0.1, -0.05) is 37.6 Å². The van der Waals surface area contributed by atoms with E-state index < -0.39 is 5.91 Å². The molecule has 3 N–H and O–H groups in total. The molecule has 0 saturated carbocycles. The molecule has 0 radical (unpaired) electrons. The second-order valence-corrected chi connectivity index (χ2v) is 6.64. The van der Waals surface area contributed by atoms with Gasteiger partial charge in [0.1, 0.15) is 5.75 Å². The van der Waals surface area contributed by atoms with Gasteiger partial charge in [-0.05, 0) is 46.5 Å². The molecule has 0 spiro atoms. The number of aromatic amines is 1. The third-order valence-corrected chi connectivity index (χ3v) is 3.95. The zero-order chi connectivity index (χ0) is 18.7. The van der Waals surface area contributed by atoms with Crippen molar-refractivity contribution in [3.63, 3.8) is 0 Å². The molecule has 0 saturated heterocycles. The van der Waals surface area contributed by atoms with E-state index in [-0.39, 0.29) is 5.56 Å². The van der Waals surface area contributed by atoms with Crippen LogP contribution in [0.2, 0.25) is 5.02 Å². The van der Waals surface area contributed by atoms with Crippen molar-refractivity contribution in [1.29, 1.82) is 0 Å². The number of carbonyl (C=O) groups excluding carboxylic acids is 1. The third-order valence-electron chi connectivity index (χ3n) is 3.70. The number of nitrogens with one attached hydrogen (secondary N) is 1. The molecule has 8 heteroatoms. The highest BCUT2D eigenvalue weighted by molar-refractivity contribution is 6.30. The van der Waals surface area contributed by atoms with Gasteiger partial charge in [-0.15, -0.1) is 10.2 Å². The maximum Gasteiger partial charge on any atom is 0.252 e.